The number of benzene rings is 3. The van der Waals surface area contributed by atoms with Crippen molar-refractivity contribution in [3.05, 3.63) is 77.6 Å². The number of anilines is 3. The van der Waals surface area contributed by atoms with Crippen molar-refractivity contribution in [3.63, 3.8) is 0 Å². The molecule has 0 aliphatic carbocycles. The molecule has 0 aliphatic heterocycles. The maximum atomic E-state index is 14.1. The number of para-hydroxylation sites is 1. The van der Waals surface area contributed by atoms with Crippen LogP contribution in [0.25, 0.3) is 11.1 Å². The number of carbonyl (C=O) groups is 1. The molecular formula is C29H36FN3O. The Bertz CT molecular complexity index is 1130. The van der Waals surface area contributed by atoms with E-state index in [1.807, 2.05) is 6.07 Å². The van der Waals surface area contributed by atoms with Crippen LogP contribution in [0.3, 0.4) is 0 Å². The number of hydrogen-bond donors (Lipinski definition) is 2. The lowest BCUT2D eigenvalue weighted by molar-refractivity contribution is 0.262. The molecule has 2 amide bonds. The third-order valence-corrected chi connectivity index (χ3v) is 5.58. The van der Waals surface area contributed by atoms with Crippen molar-refractivity contribution < 1.29 is 9.18 Å². The van der Waals surface area contributed by atoms with Crippen molar-refractivity contribution in [1.29, 1.82) is 0 Å². The molecule has 0 aromatic heterocycles. The Morgan fingerprint density at radius 1 is 0.853 bits per heavy atom. The highest BCUT2D eigenvalue weighted by Crippen LogP contribution is 2.34. The maximum absolute atomic E-state index is 14.1. The molecule has 0 aliphatic rings. The van der Waals surface area contributed by atoms with Gasteiger partial charge in [0.2, 0.25) is 0 Å². The highest BCUT2D eigenvalue weighted by atomic mass is 19.1. The summed E-state index contributed by atoms with van der Waals surface area (Å²) in [6.45, 7) is 14.7. The summed E-state index contributed by atoms with van der Waals surface area (Å²) >= 11 is 0. The predicted molar refractivity (Wildman–Crippen MR) is 142 cm³/mol. The fraction of sp³-hybridized carbons (Fsp3) is 0.345. The van der Waals surface area contributed by atoms with Crippen LogP contribution >= 0.6 is 0 Å². The second kappa shape index (κ2) is 11.2. The number of aryl methyl sites for hydroxylation is 2. The van der Waals surface area contributed by atoms with E-state index in [4.69, 9.17) is 0 Å². The van der Waals surface area contributed by atoms with Gasteiger partial charge in [-0.3, -0.25) is 0 Å². The van der Waals surface area contributed by atoms with Crippen molar-refractivity contribution in [2.24, 2.45) is 11.8 Å². The molecule has 4 nitrogen and oxygen atoms in total. The number of halogens is 1. The number of urea groups is 1. The topological polar surface area (TPSA) is 44.4 Å². The Hall–Kier alpha value is -3.34. The summed E-state index contributed by atoms with van der Waals surface area (Å²) in [7, 11) is 0. The minimum absolute atomic E-state index is 0.147. The number of carbonyl (C=O) groups excluding carboxylic acids is 1. The van der Waals surface area contributed by atoms with Gasteiger partial charge in [-0.2, -0.15) is 0 Å². The molecule has 0 heterocycles. The summed E-state index contributed by atoms with van der Waals surface area (Å²) in [6.07, 6.45) is 0. The zero-order valence-corrected chi connectivity index (χ0v) is 21.1. The molecule has 0 saturated carbocycles. The van der Waals surface area contributed by atoms with Crippen molar-refractivity contribution in [1.82, 2.24) is 0 Å². The molecule has 5 heteroatoms. The van der Waals surface area contributed by atoms with Gasteiger partial charge in [0.15, 0.2) is 0 Å². The van der Waals surface area contributed by atoms with Gasteiger partial charge in [-0.25, -0.2) is 9.18 Å². The molecule has 3 aromatic rings. The summed E-state index contributed by atoms with van der Waals surface area (Å²) in [5, 5.41) is 5.64. The van der Waals surface area contributed by atoms with Crippen LogP contribution in [0, 0.1) is 31.5 Å². The Balaban J connectivity index is 2.03. The van der Waals surface area contributed by atoms with Gasteiger partial charge in [-0.1, -0.05) is 69.7 Å². The zero-order valence-electron chi connectivity index (χ0n) is 21.1. The second-order valence-corrected chi connectivity index (χ2v) is 9.80. The van der Waals surface area contributed by atoms with Crippen molar-refractivity contribution >= 4 is 23.1 Å². The molecule has 0 radical (unpaired) electrons. The Morgan fingerprint density at radius 3 is 2.15 bits per heavy atom. The first kappa shape index (κ1) is 25.3. The molecule has 180 valence electrons. The molecule has 0 fully saturated rings. The highest BCUT2D eigenvalue weighted by Gasteiger charge is 2.18. The van der Waals surface area contributed by atoms with Crippen LogP contribution in [0.5, 0.6) is 0 Å². The minimum atomic E-state index is -0.474. The average molecular weight is 462 g/mol. The lowest BCUT2D eigenvalue weighted by atomic mass is 9.97. The molecule has 0 spiro atoms. The maximum Gasteiger partial charge on any atom is 0.323 e. The van der Waals surface area contributed by atoms with Gasteiger partial charge in [0.1, 0.15) is 5.82 Å². The van der Waals surface area contributed by atoms with Gasteiger partial charge in [-0.05, 0) is 66.6 Å². The summed E-state index contributed by atoms with van der Waals surface area (Å²) in [5.41, 5.74) is 6.31. The van der Waals surface area contributed by atoms with E-state index in [1.54, 1.807) is 18.2 Å². The van der Waals surface area contributed by atoms with Gasteiger partial charge in [-0.15, -0.1) is 0 Å². The third-order valence-electron chi connectivity index (χ3n) is 5.58. The van der Waals surface area contributed by atoms with Crippen LogP contribution in [0.1, 0.15) is 38.8 Å². The number of nitrogens with one attached hydrogen (secondary N) is 2. The van der Waals surface area contributed by atoms with Crippen LogP contribution in [0.2, 0.25) is 0 Å². The summed E-state index contributed by atoms with van der Waals surface area (Å²) in [5.74, 6) is 0.443. The number of hydrogen-bond acceptors (Lipinski definition) is 2. The van der Waals surface area contributed by atoms with E-state index in [9.17, 15) is 9.18 Å². The van der Waals surface area contributed by atoms with Crippen LogP contribution < -0.4 is 15.5 Å². The molecule has 3 aromatic carbocycles. The van der Waals surface area contributed by atoms with E-state index in [2.05, 4.69) is 87.4 Å². The van der Waals surface area contributed by atoms with Crippen molar-refractivity contribution in [3.8, 4) is 11.1 Å². The monoisotopic (exact) mass is 461 g/mol. The quantitative estimate of drug-likeness (QED) is 0.358. The van der Waals surface area contributed by atoms with Gasteiger partial charge in [0, 0.05) is 13.1 Å². The first-order valence-corrected chi connectivity index (χ1v) is 11.9. The van der Waals surface area contributed by atoms with Gasteiger partial charge >= 0.3 is 6.03 Å². The molecule has 0 bridgehead atoms. The van der Waals surface area contributed by atoms with E-state index in [-0.39, 0.29) is 5.69 Å². The predicted octanol–water partition coefficient (Wildman–Crippen LogP) is 7.87. The van der Waals surface area contributed by atoms with Gasteiger partial charge < -0.3 is 15.5 Å². The number of amides is 2. The Labute approximate surface area is 203 Å². The average Bonchev–Trinajstić information content (AvgIpc) is 2.76. The molecule has 3 rings (SSSR count). The van der Waals surface area contributed by atoms with E-state index < -0.39 is 11.8 Å². The van der Waals surface area contributed by atoms with E-state index >= 15 is 0 Å². The van der Waals surface area contributed by atoms with E-state index in [0.29, 0.717) is 17.5 Å². The fourth-order valence-electron chi connectivity index (χ4n) is 4.12. The van der Waals surface area contributed by atoms with Gasteiger partial charge in [0.05, 0.1) is 17.1 Å². The normalized spacial score (nSPS) is 11.1. The fourth-order valence-corrected chi connectivity index (χ4v) is 4.12. The van der Waals surface area contributed by atoms with Crippen molar-refractivity contribution in [2.75, 3.05) is 28.6 Å². The second-order valence-electron chi connectivity index (χ2n) is 9.80. The summed E-state index contributed by atoms with van der Waals surface area (Å²) in [4.78, 5) is 15.2. The standard InChI is InChI=1S/C29H36FN3O/c1-19(2)17-33(18-20(3)4)28-14-13-23(24-15-21(5)11-12-22(24)6)16-27(28)32-29(34)31-26-10-8-7-9-25(26)30/h7-16,19-20H,17-18H2,1-6H3,(H2,31,32,34). The molecule has 0 saturated heterocycles. The molecule has 0 unspecified atom stereocenters. The molecule has 2 N–H and O–H groups in total. The van der Waals surface area contributed by atoms with E-state index in [1.165, 1.54) is 17.2 Å². The first-order chi connectivity index (χ1) is 16.1. The Morgan fingerprint density at radius 2 is 1.50 bits per heavy atom. The largest absolute Gasteiger partial charge is 0.369 e. The van der Waals surface area contributed by atoms with Crippen LogP contribution in [-0.2, 0) is 0 Å². The van der Waals surface area contributed by atoms with E-state index in [0.717, 1.165) is 29.9 Å². The van der Waals surface area contributed by atoms with Crippen LogP contribution in [0.4, 0.5) is 26.2 Å². The number of nitrogens with zero attached hydrogens (tertiary/aromatic N) is 1. The third kappa shape index (κ3) is 6.60. The lowest BCUT2D eigenvalue weighted by Gasteiger charge is -2.31. The van der Waals surface area contributed by atoms with Crippen LogP contribution in [-0.4, -0.2) is 19.1 Å². The molecule has 34 heavy (non-hydrogen) atoms. The highest BCUT2D eigenvalue weighted by molar-refractivity contribution is 6.02. The smallest absolute Gasteiger partial charge is 0.323 e. The SMILES string of the molecule is Cc1ccc(C)c(-c2ccc(N(CC(C)C)CC(C)C)c(NC(=O)Nc3ccccc3F)c2)c1. The van der Waals surface area contributed by atoms with Crippen LogP contribution in [0.15, 0.2) is 60.7 Å². The molecule has 0 atom stereocenters. The minimum Gasteiger partial charge on any atom is -0.369 e. The first-order valence-electron chi connectivity index (χ1n) is 11.9. The zero-order chi connectivity index (χ0) is 24.8. The Kier molecular flexibility index (Phi) is 8.32. The number of rotatable bonds is 8. The molecular weight excluding hydrogens is 425 g/mol. The van der Waals surface area contributed by atoms with Gasteiger partial charge in [0.25, 0.3) is 0 Å². The van der Waals surface area contributed by atoms with Crippen molar-refractivity contribution in [2.45, 2.75) is 41.5 Å². The summed E-state index contributed by atoms with van der Waals surface area (Å²) < 4.78 is 14.1. The summed E-state index contributed by atoms with van der Waals surface area (Å²) in [6, 6.07) is 18.3. The lowest BCUT2D eigenvalue weighted by Crippen LogP contribution is -2.32.